The zero-order chi connectivity index (χ0) is 13.3. The van der Waals surface area contributed by atoms with Gasteiger partial charge in [-0.25, -0.2) is 4.39 Å². The predicted molar refractivity (Wildman–Crippen MR) is 67.1 cm³/mol. The lowest BCUT2D eigenvalue weighted by Gasteiger charge is -2.17. The highest BCUT2D eigenvalue weighted by Crippen LogP contribution is 2.27. The minimum atomic E-state index is -0.597. The Morgan fingerprint density at radius 1 is 1.61 bits per heavy atom. The second kappa shape index (κ2) is 5.24. The number of carbonyl (C=O) groups excluding carboxylic acids is 1. The van der Waals surface area contributed by atoms with Gasteiger partial charge >= 0.3 is 0 Å². The Kier molecular flexibility index (Phi) is 3.87. The van der Waals surface area contributed by atoms with Crippen molar-refractivity contribution in [3.05, 3.63) is 28.0 Å². The summed E-state index contributed by atoms with van der Waals surface area (Å²) in [4.78, 5) is 13.8. The largest absolute Gasteiger partial charge is 0.507 e. The molecule has 0 bridgehead atoms. The number of nitrogens with zero attached hydrogens (tertiary/aromatic N) is 1. The summed E-state index contributed by atoms with van der Waals surface area (Å²) in [5.74, 6) is -1.26. The fraction of sp³-hybridized carbons (Fsp3) is 0.417. The van der Waals surface area contributed by atoms with Crippen molar-refractivity contribution >= 4 is 21.8 Å². The number of hydrogen-bond donors (Lipinski definition) is 1. The lowest BCUT2D eigenvalue weighted by molar-refractivity contribution is 0.0721. The van der Waals surface area contributed by atoms with Crippen molar-refractivity contribution in [2.45, 2.75) is 12.5 Å². The Balaban J connectivity index is 2.22. The van der Waals surface area contributed by atoms with Crippen LogP contribution in [0.15, 0.2) is 16.6 Å². The van der Waals surface area contributed by atoms with Gasteiger partial charge in [0.2, 0.25) is 0 Å². The van der Waals surface area contributed by atoms with Gasteiger partial charge in [0.15, 0.2) is 0 Å². The summed E-state index contributed by atoms with van der Waals surface area (Å²) in [6, 6.07) is 2.23. The van der Waals surface area contributed by atoms with Crippen molar-refractivity contribution in [1.29, 1.82) is 0 Å². The molecule has 0 spiro atoms. The van der Waals surface area contributed by atoms with E-state index in [2.05, 4.69) is 15.9 Å². The van der Waals surface area contributed by atoms with Crippen molar-refractivity contribution in [3.8, 4) is 5.75 Å². The van der Waals surface area contributed by atoms with Gasteiger partial charge < -0.3 is 14.7 Å². The highest BCUT2D eigenvalue weighted by Gasteiger charge is 2.28. The number of phenols is 1. The van der Waals surface area contributed by atoms with Crippen LogP contribution in [0.5, 0.6) is 5.75 Å². The van der Waals surface area contributed by atoms with Gasteiger partial charge in [0.1, 0.15) is 11.6 Å². The topological polar surface area (TPSA) is 49.8 Å². The Hall–Kier alpha value is -1.14. The lowest BCUT2D eigenvalue weighted by Crippen LogP contribution is -2.30. The first-order chi connectivity index (χ1) is 8.52. The first kappa shape index (κ1) is 13.3. The van der Waals surface area contributed by atoms with E-state index in [1.165, 1.54) is 6.07 Å². The van der Waals surface area contributed by atoms with E-state index in [0.717, 1.165) is 12.5 Å². The van der Waals surface area contributed by atoms with Gasteiger partial charge in [0.05, 0.1) is 16.1 Å². The number of hydrogen-bond acceptors (Lipinski definition) is 3. The molecule has 1 aromatic carbocycles. The third kappa shape index (κ3) is 2.49. The van der Waals surface area contributed by atoms with E-state index in [-0.39, 0.29) is 27.8 Å². The number of likely N-dealkylation sites (tertiary alicyclic amines) is 1. The van der Waals surface area contributed by atoms with Crippen LogP contribution in [0.1, 0.15) is 16.8 Å². The lowest BCUT2D eigenvalue weighted by atomic mass is 10.1. The number of benzene rings is 1. The molecule has 4 nitrogen and oxygen atoms in total. The Labute approximate surface area is 112 Å². The van der Waals surface area contributed by atoms with E-state index in [0.29, 0.717) is 13.1 Å². The van der Waals surface area contributed by atoms with Crippen molar-refractivity contribution < 1.29 is 19.0 Å². The molecular weight excluding hydrogens is 305 g/mol. The first-order valence-electron chi connectivity index (χ1n) is 5.53. The Bertz CT molecular complexity index is 481. The van der Waals surface area contributed by atoms with Gasteiger partial charge in [-0.05, 0) is 28.4 Å². The van der Waals surface area contributed by atoms with E-state index < -0.39 is 5.82 Å². The molecule has 0 radical (unpaired) electrons. The molecule has 1 N–H and O–H groups in total. The molecule has 6 heteroatoms. The predicted octanol–water partition coefficient (Wildman–Crippen LogP) is 2.15. The van der Waals surface area contributed by atoms with Gasteiger partial charge in [-0.3, -0.25) is 4.79 Å². The highest BCUT2D eigenvalue weighted by atomic mass is 79.9. The molecule has 0 saturated carbocycles. The number of halogens is 2. The summed E-state index contributed by atoms with van der Waals surface area (Å²) in [6.45, 7) is 1.07. The van der Waals surface area contributed by atoms with Crippen molar-refractivity contribution in [3.63, 3.8) is 0 Å². The molecule has 2 rings (SSSR count). The molecule has 1 aliphatic heterocycles. The van der Waals surface area contributed by atoms with Gasteiger partial charge in [0.25, 0.3) is 5.91 Å². The zero-order valence-electron chi connectivity index (χ0n) is 9.82. The van der Waals surface area contributed by atoms with Crippen LogP contribution in [0, 0.1) is 5.82 Å². The fourth-order valence-electron chi connectivity index (χ4n) is 1.98. The molecule has 1 aromatic rings. The van der Waals surface area contributed by atoms with Crippen LogP contribution < -0.4 is 0 Å². The third-order valence-corrected chi connectivity index (χ3v) is 3.64. The van der Waals surface area contributed by atoms with Crippen LogP contribution in [-0.4, -0.2) is 42.2 Å². The second-order valence-corrected chi connectivity index (χ2v) is 5.04. The van der Waals surface area contributed by atoms with Crippen molar-refractivity contribution in [2.24, 2.45) is 0 Å². The SMILES string of the molecule is CO[C@H]1CCN(C(=O)c2cc(Br)c(F)cc2O)C1. The monoisotopic (exact) mass is 317 g/mol. The average Bonchev–Trinajstić information content (AvgIpc) is 2.81. The molecule has 1 fully saturated rings. The van der Waals surface area contributed by atoms with Crippen LogP contribution in [-0.2, 0) is 4.74 Å². The summed E-state index contributed by atoms with van der Waals surface area (Å²) in [5, 5.41) is 9.63. The molecule has 0 unspecified atom stereocenters. The highest BCUT2D eigenvalue weighted by molar-refractivity contribution is 9.10. The van der Waals surface area contributed by atoms with Gasteiger partial charge in [-0.15, -0.1) is 0 Å². The van der Waals surface area contributed by atoms with Crippen LogP contribution in [0.3, 0.4) is 0 Å². The Morgan fingerprint density at radius 2 is 2.33 bits per heavy atom. The molecule has 1 amide bonds. The van der Waals surface area contributed by atoms with E-state index in [1.807, 2.05) is 0 Å². The maximum absolute atomic E-state index is 13.2. The zero-order valence-corrected chi connectivity index (χ0v) is 11.4. The molecule has 0 aromatic heterocycles. The number of methoxy groups -OCH3 is 1. The molecule has 1 saturated heterocycles. The number of amides is 1. The number of rotatable bonds is 2. The smallest absolute Gasteiger partial charge is 0.257 e. The summed E-state index contributed by atoms with van der Waals surface area (Å²) in [6.07, 6.45) is 0.797. The van der Waals surface area contributed by atoms with Gasteiger partial charge in [0, 0.05) is 26.3 Å². The number of ether oxygens (including phenoxy) is 1. The minimum Gasteiger partial charge on any atom is -0.507 e. The van der Waals surface area contributed by atoms with E-state index in [4.69, 9.17) is 4.74 Å². The maximum Gasteiger partial charge on any atom is 0.257 e. The molecule has 0 aliphatic carbocycles. The van der Waals surface area contributed by atoms with Crippen molar-refractivity contribution in [1.82, 2.24) is 4.90 Å². The van der Waals surface area contributed by atoms with E-state index >= 15 is 0 Å². The summed E-state index contributed by atoms with van der Waals surface area (Å²) >= 11 is 3.00. The van der Waals surface area contributed by atoms with Crippen LogP contribution >= 0.6 is 15.9 Å². The van der Waals surface area contributed by atoms with Gasteiger partial charge in [-0.1, -0.05) is 0 Å². The molecule has 1 heterocycles. The third-order valence-electron chi connectivity index (χ3n) is 3.03. The summed E-state index contributed by atoms with van der Waals surface area (Å²) < 4.78 is 18.5. The molecular formula is C12H13BrFNO3. The average molecular weight is 318 g/mol. The van der Waals surface area contributed by atoms with E-state index in [1.54, 1.807) is 12.0 Å². The summed E-state index contributed by atoms with van der Waals surface area (Å²) in [7, 11) is 1.60. The quantitative estimate of drug-likeness (QED) is 0.909. The summed E-state index contributed by atoms with van der Waals surface area (Å²) in [5.41, 5.74) is 0.0972. The van der Waals surface area contributed by atoms with Crippen molar-refractivity contribution in [2.75, 3.05) is 20.2 Å². The second-order valence-electron chi connectivity index (χ2n) is 4.18. The molecule has 1 atom stereocenters. The normalized spacial score (nSPS) is 19.3. The van der Waals surface area contributed by atoms with Gasteiger partial charge in [-0.2, -0.15) is 0 Å². The van der Waals surface area contributed by atoms with Crippen LogP contribution in [0.2, 0.25) is 0 Å². The fourth-order valence-corrected chi connectivity index (χ4v) is 2.33. The maximum atomic E-state index is 13.2. The Morgan fingerprint density at radius 3 is 2.94 bits per heavy atom. The molecule has 18 heavy (non-hydrogen) atoms. The number of aromatic hydroxyl groups is 1. The van der Waals surface area contributed by atoms with Crippen LogP contribution in [0.4, 0.5) is 4.39 Å². The van der Waals surface area contributed by atoms with Crippen LogP contribution in [0.25, 0.3) is 0 Å². The molecule has 98 valence electrons. The molecule has 1 aliphatic rings. The standard InChI is InChI=1S/C12H13BrFNO3/c1-18-7-2-3-15(6-7)12(17)8-4-9(13)10(14)5-11(8)16/h4-5,7,16H,2-3,6H2,1H3/t7-/m0/s1. The number of phenolic OH excluding ortho intramolecular Hbond substituents is 1. The van der Waals surface area contributed by atoms with E-state index in [9.17, 15) is 14.3 Å². The minimum absolute atomic E-state index is 0.0278. The number of carbonyl (C=O) groups is 1. The first-order valence-corrected chi connectivity index (χ1v) is 6.32.